The summed E-state index contributed by atoms with van der Waals surface area (Å²) in [5.74, 6) is 0. The Morgan fingerprint density at radius 2 is 1.90 bits per heavy atom. The summed E-state index contributed by atoms with van der Waals surface area (Å²) in [5.41, 5.74) is 4.34. The minimum atomic E-state index is 0.779. The van der Waals surface area contributed by atoms with E-state index in [-0.39, 0.29) is 0 Å². The van der Waals surface area contributed by atoms with Crippen LogP contribution >= 0.6 is 27.5 Å². The fourth-order valence-corrected chi connectivity index (χ4v) is 3.53. The van der Waals surface area contributed by atoms with Crippen LogP contribution in [0.2, 0.25) is 5.02 Å². The van der Waals surface area contributed by atoms with Crippen LogP contribution in [0.1, 0.15) is 0 Å². The number of para-hydroxylation sites is 1. The van der Waals surface area contributed by atoms with Gasteiger partial charge in [0.25, 0.3) is 0 Å². The molecule has 4 heteroatoms. The lowest BCUT2D eigenvalue weighted by Crippen LogP contribution is -2.29. The molecule has 4 aromatic rings. The zero-order chi connectivity index (χ0) is 13.9. The van der Waals surface area contributed by atoms with E-state index in [2.05, 4.69) is 62.9 Å². The third kappa shape index (κ3) is 1.54. The number of aromatic nitrogens is 2. The van der Waals surface area contributed by atoms with E-state index in [1.807, 2.05) is 12.1 Å². The molecule has 0 fully saturated rings. The molecule has 0 amide bonds. The van der Waals surface area contributed by atoms with Gasteiger partial charge in [0.05, 0.1) is 21.3 Å². The monoisotopic (exact) mass is 345 g/mol. The number of H-pyrrole nitrogens is 1. The van der Waals surface area contributed by atoms with Crippen molar-refractivity contribution < 1.29 is 4.57 Å². The van der Waals surface area contributed by atoms with Crippen LogP contribution in [0.4, 0.5) is 0 Å². The number of pyridine rings is 1. The Balaban J connectivity index is 2.35. The Morgan fingerprint density at radius 3 is 2.75 bits per heavy atom. The molecule has 0 saturated heterocycles. The normalized spacial score (nSPS) is 11.8. The Morgan fingerprint density at radius 1 is 1.10 bits per heavy atom. The highest BCUT2D eigenvalue weighted by Crippen LogP contribution is 2.33. The zero-order valence-corrected chi connectivity index (χ0v) is 13.1. The van der Waals surface area contributed by atoms with Crippen LogP contribution in [0.25, 0.3) is 32.8 Å². The van der Waals surface area contributed by atoms with Crippen molar-refractivity contribution in [1.29, 1.82) is 0 Å². The smallest absolute Gasteiger partial charge is 0.240 e. The first kappa shape index (κ1) is 12.2. The molecular weight excluding hydrogens is 336 g/mol. The van der Waals surface area contributed by atoms with E-state index in [0.29, 0.717) is 0 Å². The van der Waals surface area contributed by atoms with Gasteiger partial charge < -0.3 is 4.98 Å². The van der Waals surface area contributed by atoms with E-state index in [0.717, 1.165) is 36.9 Å². The second-order valence-electron chi connectivity index (χ2n) is 4.93. The lowest BCUT2D eigenvalue weighted by atomic mass is 10.1. The van der Waals surface area contributed by atoms with Crippen molar-refractivity contribution in [2.24, 2.45) is 7.05 Å². The maximum Gasteiger partial charge on any atom is 0.240 e. The number of rotatable bonds is 0. The van der Waals surface area contributed by atoms with Crippen LogP contribution in [0, 0.1) is 0 Å². The Labute approximate surface area is 129 Å². The van der Waals surface area contributed by atoms with Gasteiger partial charge in [0.1, 0.15) is 12.6 Å². The number of benzene rings is 2. The first-order valence-corrected chi connectivity index (χ1v) is 7.51. The van der Waals surface area contributed by atoms with Crippen molar-refractivity contribution >= 4 is 60.4 Å². The van der Waals surface area contributed by atoms with Crippen molar-refractivity contribution in [3.63, 3.8) is 0 Å². The minimum Gasteiger partial charge on any atom is -0.348 e. The predicted octanol–water partition coefficient (Wildman–Crippen LogP) is 4.71. The van der Waals surface area contributed by atoms with Crippen LogP contribution in [-0.4, -0.2) is 4.98 Å². The lowest BCUT2D eigenvalue weighted by molar-refractivity contribution is -0.616. The van der Waals surface area contributed by atoms with Gasteiger partial charge >= 0.3 is 0 Å². The summed E-state index contributed by atoms with van der Waals surface area (Å²) in [6.07, 6.45) is 0. The molecule has 98 valence electrons. The van der Waals surface area contributed by atoms with Gasteiger partial charge in [0.15, 0.2) is 0 Å². The summed E-state index contributed by atoms with van der Waals surface area (Å²) in [7, 11) is 2.08. The molecular formula is C16H11BrClN2+. The summed E-state index contributed by atoms with van der Waals surface area (Å²) in [6.45, 7) is 0. The van der Waals surface area contributed by atoms with E-state index in [9.17, 15) is 0 Å². The molecule has 2 heterocycles. The third-order valence-electron chi connectivity index (χ3n) is 3.79. The number of hydrogen-bond donors (Lipinski definition) is 1. The van der Waals surface area contributed by atoms with Crippen molar-refractivity contribution in [3.05, 3.63) is 52.0 Å². The van der Waals surface area contributed by atoms with Crippen LogP contribution in [0.3, 0.4) is 0 Å². The maximum absolute atomic E-state index is 6.60. The summed E-state index contributed by atoms with van der Waals surface area (Å²) in [4.78, 5) is 3.44. The Hall–Kier alpha value is -1.58. The van der Waals surface area contributed by atoms with Gasteiger partial charge in [-0.05, 0) is 24.3 Å². The molecule has 0 aliphatic carbocycles. The quantitative estimate of drug-likeness (QED) is 0.445. The molecule has 0 unspecified atom stereocenters. The second kappa shape index (κ2) is 4.21. The van der Waals surface area contributed by atoms with Crippen LogP contribution in [-0.2, 0) is 7.05 Å². The van der Waals surface area contributed by atoms with Crippen molar-refractivity contribution in [2.75, 3.05) is 0 Å². The van der Waals surface area contributed by atoms with Crippen LogP contribution in [0.5, 0.6) is 0 Å². The van der Waals surface area contributed by atoms with Gasteiger partial charge in [-0.25, -0.2) is 0 Å². The highest BCUT2D eigenvalue weighted by atomic mass is 79.9. The zero-order valence-electron chi connectivity index (χ0n) is 10.7. The topological polar surface area (TPSA) is 19.7 Å². The van der Waals surface area contributed by atoms with Crippen molar-refractivity contribution in [3.8, 4) is 0 Å². The van der Waals surface area contributed by atoms with Crippen LogP contribution < -0.4 is 4.57 Å². The Kier molecular flexibility index (Phi) is 2.56. The highest BCUT2D eigenvalue weighted by Gasteiger charge is 2.21. The maximum atomic E-state index is 6.60. The van der Waals surface area contributed by atoms with Gasteiger partial charge in [-0.1, -0.05) is 39.7 Å². The largest absolute Gasteiger partial charge is 0.348 e. The van der Waals surface area contributed by atoms with Gasteiger partial charge in [-0.3, -0.25) is 0 Å². The number of halogens is 2. The fraction of sp³-hybridized carbons (Fsp3) is 0.0625. The molecule has 0 atom stereocenters. The minimum absolute atomic E-state index is 0.779. The number of hydrogen-bond acceptors (Lipinski definition) is 0. The Bertz CT molecular complexity index is 988. The fourth-order valence-electron chi connectivity index (χ4n) is 2.87. The molecule has 1 N–H and O–H groups in total. The number of nitrogens with zero attached hydrogens (tertiary/aromatic N) is 1. The molecule has 2 aromatic heterocycles. The molecule has 20 heavy (non-hydrogen) atoms. The molecule has 4 rings (SSSR count). The van der Waals surface area contributed by atoms with Crippen molar-refractivity contribution in [1.82, 2.24) is 4.98 Å². The summed E-state index contributed by atoms with van der Waals surface area (Å²) >= 11 is 10.1. The molecule has 0 aliphatic rings. The summed E-state index contributed by atoms with van der Waals surface area (Å²) < 4.78 is 3.25. The SMILES string of the molecule is C[n+]1c2ccccc2c(Cl)c2[nH]c3cc(Br)ccc3c21. The molecule has 2 aromatic carbocycles. The summed E-state index contributed by atoms with van der Waals surface area (Å²) in [6, 6.07) is 14.4. The summed E-state index contributed by atoms with van der Waals surface area (Å²) in [5, 5.41) is 3.02. The number of aryl methyl sites for hydroxylation is 1. The van der Waals surface area contributed by atoms with Gasteiger partial charge in [-0.2, -0.15) is 4.57 Å². The number of nitrogens with one attached hydrogen (secondary N) is 1. The van der Waals surface area contributed by atoms with Crippen LogP contribution in [0.15, 0.2) is 46.9 Å². The average Bonchev–Trinajstić information content (AvgIpc) is 2.83. The predicted molar refractivity (Wildman–Crippen MR) is 87.2 cm³/mol. The standard InChI is InChI=1S/C16H10BrClN2/c1-20-13-5-3-2-4-11(13)14(18)15-16(20)10-7-6-9(17)8-12(10)19-15/h2-8H,1H3/p+1. The number of aromatic amines is 1. The third-order valence-corrected chi connectivity index (χ3v) is 4.68. The number of fused-ring (bicyclic) bond motifs is 4. The van der Waals surface area contributed by atoms with E-state index in [4.69, 9.17) is 11.6 Å². The molecule has 0 aliphatic heterocycles. The van der Waals surface area contributed by atoms with E-state index in [1.54, 1.807) is 0 Å². The molecule has 0 spiro atoms. The molecule has 0 saturated carbocycles. The van der Waals surface area contributed by atoms with E-state index in [1.165, 1.54) is 5.39 Å². The van der Waals surface area contributed by atoms with Gasteiger partial charge in [-0.15, -0.1) is 0 Å². The second-order valence-corrected chi connectivity index (χ2v) is 6.22. The molecule has 0 radical (unpaired) electrons. The highest BCUT2D eigenvalue weighted by molar-refractivity contribution is 9.10. The lowest BCUT2D eigenvalue weighted by Gasteiger charge is -2.01. The van der Waals surface area contributed by atoms with E-state index >= 15 is 0 Å². The van der Waals surface area contributed by atoms with E-state index < -0.39 is 0 Å². The average molecular weight is 347 g/mol. The molecule has 0 bridgehead atoms. The van der Waals surface area contributed by atoms with Gasteiger partial charge in [0, 0.05) is 10.5 Å². The first-order valence-electron chi connectivity index (χ1n) is 6.34. The van der Waals surface area contributed by atoms with Crippen molar-refractivity contribution in [2.45, 2.75) is 0 Å². The van der Waals surface area contributed by atoms with Gasteiger partial charge in [0.2, 0.25) is 11.0 Å². The molecule has 2 nitrogen and oxygen atoms in total. The first-order chi connectivity index (χ1) is 9.66.